The third-order valence-electron chi connectivity index (χ3n) is 9.28. The van der Waals surface area contributed by atoms with E-state index in [4.69, 9.17) is 32.0 Å². The number of thiophene rings is 2. The largest absolute Gasteiger partial charge is 0.479 e. The van der Waals surface area contributed by atoms with Crippen LogP contribution >= 0.6 is 34.3 Å². The highest BCUT2D eigenvalue weighted by molar-refractivity contribution is 7.24. The van der Waals surface area contributed by atoms with Crippen molar-refractivity contribution >= 4 is 63.0 Å². The number of carbonyl (C=O) groups is 3. The normalized spacial score (nSPS) is 14.6. The Balaban J connectivity index is 0.000000511. The third-order valence-corrected chi connectivity index (χ3v) is 11.8. The van der Waals surface area contributed by atoms with Gasteiger partial charge in [0.1, 0.15) is 12.4 Å². The van der Waals surface area contributed by atoms with Crippen molar-refractivity contribution in [3.63, 3.8) is 0 Å². The standard InChI is InChI=1S/C34H33ClF2N4O2S2.C4H6O6/c1-2-39-18-16-23(17-19-39)40(20-24-11-12-28(44-24)29-13-14-30(35)45-29)32(42)21-41-27-9-4-3-7-25(27)34(43)38-31(41)15-10-22-6-5-8-26(36)33(22)37;5-1(3(7)8)2(6)4(9)10/h3-9,11-14,23H,2,10,15-21H2,1H3;1-2,5-6H,(H,7,8)(H,9,10). The number of likely N-dealkylation sites (tertiary alicyclic amines) is 1. The first kappa shape index (κ1) is 41.6. The second kappa shape index (κ2) is 18.8. The fourth-order valence-corrected chi connectivity index (χ4v) is 8.44. The molecule has 1 aliphatic rings. The quantitative estimate of drug-likeness (QED) is 0.122. The Bertz CT molecular complexity index is 2190. The van der Waals surface area contributed by atoms with Crippen LogP contribution in [0.3, 0.4) is 0 Å². The van der Waals surface area contributed by atoms with Gasteiger partial charge in [-0.3, -0.25) is 9.59 Å². The Morgan fingerprint density at radius 2 is 1.56 bits per heavy atom. The van der Waals surface area contributed by atoms with Gasteiger partial charge in [0.15, 0.2) is 23.8 Å². The summed E-state index contributed by atoms with van der Waals surface area (Å²) in [7, 11) is 0. The van der Waals surface area contributed by atoms with Gasteiger partial charge in [-0.2, -0.15) is 4.98 Å². The fraction of sp³-hybridized carbons (Fsp3) is 0.342. The molecule has 4 heterocycles. The lowest BCUT2D eigenvalue weighted by Gasteiger charge is -2.38. The van der Waals surface area contributed by atoms with Crippen LogP contribution in [0.25, 0.3) is 20.7 Å². The van der Waals surface area contributed by atoms with E-state index >= 15 is 0 Å². The summed E-state index contributed by atoms with van der Waals surface area (Å²) in [5.41, 5.74) is 0.377. The first-order chi connectivity index (χ1) is 26.3. The second-order valence-corrected chi connectivity index (χ2v) is 15.7. The van der Waals surface area contributed by atoms with Crippen molar-refractivity contribution in [2.45, 2.75) is 63.9 Å². The molecule has 3 aromatic heterocycles. The number of amides is 1. The van der Waals surface area contributed by atoms with Gasteiger partial charge in [-0.25, -0.2) is 18.4 Å². The summed E-state index contributed by atoms with van der Waals surface area (Å²) in [6, 6.07) is 19.3. The Hall–Kier alpha value is -4.58. The van der Waals surface area contributed by atoms with Crippen molar-refractivity contribution in [2.75, 3.05) is 19.6 Å². The van der Waals surface area contributed by atoms with E-state index in [9.17, 15) is 28.0 Å². The lowest BCUT2D eigenvalue weighted by molar-refractivity contribution is -0.165. The first-order valence-electron chi connectivity index (χ1n) is 17.4. The van der Waals surface area contributed by atoms with Crippen LogP contribution < -0.4 is 5.56 Å². The third kappa shape index (κ3) is 10.4. The molecule has 1 saturated heterocycles. The number of benzene rings is 2. The molecule has 2 unspecified atom stereocenters. The number of nitrogens with zero attached hydrogens (tertiary/aromatic N) is 4. The molecular formula is C38H39ClF2N4O8S2. The number of halogens is 3. The molecule has 1 aliphatic heterocycles. The van der Waals surface area contributed by atoms with Gasteiger partial charge in [-0.05, 0) is 73.8 Å². The van der Waals surface area contributed by atoms with E-state index in [1.807, 2.05) is 23.1 Å². The van der Waals surface area contributed by atoms with Crippen molar-refractivity contribution in [2.24, 2.45) is 0 Å². The number of carbonyl (C=O) groups excluding carboxylic acids is 1. The van der Waals surface area contributed by atoms with Crippen LogP contribution in [0.2, 0.25) is 4.34 Å². The van der Waals surface area contributed by atoms with Gasteiger partial charge in [0.25, 0.3) is 5.56 Å². The zero-order valence-corrected chi connectivity index (χ0v) is 32.0. The molecule has 2 aromatic carbocycles. The molecule has 0 aliphatic carbocycles. The first-order valence-corrected chi connectivity index (χ1v) is 19.4. The molecule has 1 fully saturated rings. The van der Waals surface area contributed by atoms with Crippen LogP contribution in [0, 0.1) is 11.6 Å². The van der Waals surface area contributed by atoms with Crippen LogP contribution in [-0.4, -0.2) is 95.5 Å². The maximum Gasteiger partial charge on any atom is 0.335 e. The molecule has 1 amide bonds. The summed E-state index contributed by atoms with van der Waals surface area (Å²) < 4.78 is 30.9. The highest BCUT2D eigenvalue weighted by Gasteiger charge is 2.30. The highest BCUT2D eigenvalue weighted by atomic mass is 35.5. The average molecular weight is 817 g/mol. The molecule has 55 heavy (non-hydrogen) atoms. The van der Waals surface area contributed by atoms with Gasteiger partial charge in [-0.15, -0.1) is 22.7 Å². The molecule has 0 radical (unpaired) electrons. The number of aliphatic hydroxyl groups is 2. The van der Waals surface area contributed by atoms with Gasteiger partial charge in [-0.1, -0.05) is 42.8 Å². The number of aliphatic hydroxyl groups excluding tert-OH is 2. The number of para-hydroxylation sites is 1. The van der Waals surface area contributed by atoms with Crippen LogP contribution in [0.4, 0.5) is 8.78 Å². The molecule has 12 nitrogen and oxygen atoms in total. The van der Waals surface area contributed by atoms with Crippen LogP contribution in [0.15, 0.2) is 71.5 Å². The number of aryl methyl sites for hydroxylation is 2. The lowest BCUT2D eigenvalue weighted by atomic mass is 10.0. The van der Waals surface area contributed by atoms with Crippen LogP contribution in [0.5, 0.6) is 0 Å². The Labute approximate surface area is 327 Å². The predicted molar refractivity (Wildman–Crippen MR) is 205 cm³/mol. The summed E-state index contributed by atoms with van der Waals surface area (Å²) in [4.78, 5) is 58.9. The van der Waals surface area contributed by atoms with E-state index < -0.39 is 41.3 Å². The predicted octanol–water partition coefficient (Wildman–Crippen LogP) is 5.29. The van der Waals surface area contributed by atoms with Gasteiger partial charge < -0.3 is 34.8 Å². The summed E-state index contributed by atoms with van der Waals surface area (Å²) in [6.45, 7) is 5.40. The molecule has 6 rings (SSSR count). The van der Waals surface area contributed by atoms with Crippen molar-refractivity contribution < 1.29 is 43.6 Å². The molecule has 5 aromatic rings. The maximum atomic E-state index is 14.5. The van der Waals surface area contributed by atoms with Crippen LogP contribution in [0.1, 0.15) is 36.0 Å². The second-order valence-electron chi connectivity index (χ2n) is 12.8. The number of aromatic nitrogens is 2. The highest BCUT2D eigenvalue weighted by Crippen LogP contribution is 2.36. The van der Waals surface area contributed by atoms with Gasteiger partial charge in [0, 0.05) is 40.2 Å². The van der Waals surface area contributed by atoms with Crippen molar-refractivity contribution in [1.29, 1.82) is 0 Å². The van der Waals surface area contributed by atoms with Crippen LogP contribution in [-0.2, 0) is 40.3 Å². The summed E-state index contributed by atoms with van der Waals surface area (Å²) in [6.07, 6.45) is -2.50. The number of hydrogen-bond donors (Lipinski definition) is 4. The molecule has 17 heteroatoms. The molecule has 292 valence electrons. The Morgan fingerprint density at radius 3 is 2.20 bits per heavy atom. The monoisotopic (exact) mass is 816 g/mol. The molecule has 0 spiro atoms. The van der Waals surface area contributed by atoms with Gasteiger partial charge >= 0.3 is 11.9 Å². The van der Waals surface area contributed by atoms with E-state index in [-0.39, 0.29) is 36.9 Å². The summed E-state index contributed by atoms with van der Waals surface area (Å²) in [5, 5.41) is 32.9. The smallest absolute Gasteiger partial charge is 0.335 e. The summed E-state index contributed by atoms with van der Waals surface area (Å²) >= 11 is 9.37. The fourth-order valence-electron chi connectivity index (χ4n) is 6.30. The van der Waals surface area contributed by atoms with E-state index in [0.29, 0.717) is 23.3 Å². The number of carboxylic acids is 2. The lowest BCUT2D eigenvalue weighted by Crippen LogP contribution is -2.48. The topological polar surface area (TPSA) is 174 Å². The molecule has 4 N–H and O–H groups in total. The van der Waals surface area contributed by atoms with Gasteiger partial charge in [0.05, 0.1) is 21.8 Å². The van der Waals surface area contributed by atoms with E-state index in [1.165, 1.54) is 23.5 Å². The Morgan fingerprint density at radius 1 is 0.909 bits per heavy atom. The maximum absolute atomic E-state index is 14.5. The number of fused-ring (bicyclic) bond motifs is 1. The summed E-state index contributed by atoms with van der Waals surface area (Å²) in [5.74, 6) is -5.08. The van der Waals surface area contributed by atoms with Crippen molar-refractivity contribution in [3.05, 3.63) is 109 Å². The number of carboxylic acid groups (broad SMARTS) is 2. The molecule has 2 atom stereocenters. The number of hydrogen-bond acceptors (Lipinski definition) is 10. The van der Waals surface area contributed by atoms with Crippen molar-refractivity contribution in [1.82, 2.24) is 19.4 Å². The minimum absolute atomic E-state index is 0.0263. The minimum Gasteiger partial charge on any atom is -0.479 e. The molecule has 0 bridgehead atoms. The average Bonchev–Trinajstić information content (AvgIpc) is 3.84. The van der Waals surface area contributed by atoms with E-state index in [2.05, 4.69) is 28.9 Å². The number of piperidine rings is 1. The van der Waals surface area contributed by atoms with Gasteiger partial charge in [0.2, 0.25) is 5.91 Å². The van der Waals surface area contributed by atoms with E-state index in [0.717, 1.165) is 57.5 Å². The van der Waals surface area contributed by atoms with Crippen molar-refractivity contribution in [3.8, 4) is 9.75 Å². The zero-order valence-electron chi connectivity index (χ0n) is 29.6. The number of aliphatic carboxylic acids is 2. The minimum atomic E-state index is -2.27. The Kier molecular flexibility index (Phi) is 14.2. The SMILES string of the molecule is CCN1CCC(N(Cc2ccc(-c3ccc(Cl)s3)s2)C(=O)Cn2c(CCc3cccc(F)c3F)nc(=O)c3ccccc32)CC1.O=C(O)C(O)C(O)C(=O)O. The molecular weight excluding hydrogens is 778 g/mol. The molecule has 0 saturated carbocycles. The van der Waals surface area contributed by atoms with E-state index in [1.54, 1.807) is 34.1 Å². The zero-order chi connectivity index (χ0) is 39.8. The number of rotatable bonds is 13.